The molecule has 1 aromatic carbocycles. The van der Waals surface area contributed by atoms with Crippen molar-refractivity contribution in [2.24, 2.45) is 0 Å². The molecular formula is C14H22ClNO2. The van der Waals surface area contributed by atoms with E-state index in [1.54, 1.807) is 7.05 Å². The molecule has 0 bridgehead atoms. The molecule has 1 rings (SSSR count). The van der Waals surface area contributed by atoms with Crippen LogP contribution in [0.15, 0.2) is 30.3 Å². The molecule has 18 heavy (non-hydrogen) atoms. The number of carbonyl (C=O) groups excluding carboxylic acids is 1. The van der Waals surface area contributed by atoms with Crippen molar-refractivity contribution in [2.75, 3.05) is 7.05 Å². The van der Waals surface area contributed by atoms with Crippen molar-refractivity contribution in [1.29, 1.82) is 0 Å². The Kier molecular flexibility index (Phi) is 9.33. The zero-order valence-corrected chi connectivity index (χ0v) is 11.8. The summed E-state index contributed by atoms with van der Waals surface area (Å²) in [6.07, 6.45) is 2.96. The van der Waals surface area contributed by atoms with Crippen LogP contribution in [0.1, 0.15) is 31.7 Å². The highest BCUT2D eigenvalue weighted by atomic mass is 35.5. The Labute approximate surface area is 115 Å². The molecule has 0 aromatic heterocycles. The van der Waals surface area contributed by atoms with Crippen molar-refractivity contribution in [3.05, 3.63) is 35.9 Å². The lowest BCUT2D eigenvalue weighted by Crippen LogP contribution is -2.35. The number of halogens is 1. The van der Waals surface area contributed by atoms with Crippen LogP contribution in [0.2, 0.25) is 0 Å². The molecule has 102 valence electrons. The van der Waals surface area contributed by atoms with Crippen LogP contribution in [0.4, 0.5) is 0 Å². The molecular weight excluding hydrogens is 250 g/mol. The molecule has 3 nitrogen and oxygen atoms in total. The fraction of sp³-hybridized carbons (Fsp3) is 0.500. The number of esters is 1. The summed E-state index contributed by atoms with van der Waals surface area (Å²) in [6.45, 7) is 2.46. The lowest BCUT2D eigenvalue weighted by atomic mass is 10.1. The normalized spacial score (nSPS) is 11.4. The molecule has 0 amide bonds. The van der Waals surface area contributed by atoms with E-state index in [9.17, 15) is 4.79 Å². The van der Waals surface area contributed by atoms with Crippen molar-refractivity contribution in [3.63, 3.8) is 0 Å². The highest BCUT2D eigenvalue weighted by Crippen LogP contribution is 2.05. The first-order valence-electron chi connectivity index (χ1n) is 6.15. The summed E-state index contributed by atoms with van der Waals surface area (Å²) in [5.74, 6) is -0.162. The average molecular weight is 272 g/mol. The third kappa shape index (κ3) is 6.03. The van der Waals surface area contributed by atoms with Crippen LogP contribution in [0, 0.1) is 0 Å². The molecule has 0 heterocycles. The maximum Gasteiger partial charge on any atom is 0.323 e. The molecule has 1 atom stereocenters. The van der Waals surface area contributed by atoms with Crippen LogP contribution < -0.4 is 5.32 Å². The minimum Gasteiger partial charge on any atom is -0.460 e. The molecule has 0 aliphatic heterocycles. The second-order valence-corrected chi connectivity index (χ2v) is 4.08. The number of benzene rings is 1. The number of hydrogen-bond acceptors (Lipinski definition) is 3. The molecule has 0 spiro atoms. The first-order chi connectivity index (χ1) is 8.27. The fourth-order valence-electron chi connectivity index (χ4n) is 1.62. The Bertz CT molecular complexity index is 330. The van der Waals surface area contributed by atoms with Gasteiger partial charge >= 0.3 is 5.97 Å². The van der Waals surface area contributed by atoms with Gasteiger partial charge in [-0.2, -0.15) is 0 Å². The summed E-state index contributed by atoms with van der Waals surface area (Å²) in [5.41, 5.74) is 1.02. The van der Waals surface area contributed by atoms with E-state index in [-0.39, 0.29) is 24.4 Å². The van der Waals surface area contributed by atoms with E-state index < -0.39 is 0 Å². The van der Waals surface area contributed by atoms with E-state index in [0.717, 1.165) is 24.8 Å². The minimum absolute atomic E-state index is 0. The first-order valence-corrected chi connectivity index (χ1v) is 6.15. The summed E-state index contributed by atoms with van der Waals surface area (Å²) in [6, 6.07) is 9.55. The van der Waals surface area contributed by atoms with Gasteiger partial charge in [-0.05, 0) is 19.0 Å². The van der Waals surface area contributed by atoms with Crippen LogP contribution >= 0.6 is 12.4 Å². The molecule has 0 unspecified atom stereocenters. The van der Waals surface area contributed by atoms with Crippen LogP contribution in [-0.2, 0) is 16.1 Å². The minimum atomic E-state index is -0.182. The summed E-state index contributed by atoms with van der Waals surface area (Å²) >= 11 is 0. The monoisotopic (exact) mass is 271 g/mol. The zero-order chi connectivity index (χ0) is 12.5. The van der Waals surface area contributed by atoms with Crippen LogP contribution in [0.25, 0.3) is 0 Å². The Morgan fingerprint density at radius 2 is 2.00 bits per heavy atom. The van der Waals surface area contributed by atoms with E-state index in [4.69, 9.17) is 4.74 Å². The quantitative estimate of drug-likeness (QED) is 0.775. The molecule has 0 fully saturated rings. The van der Waals surface area contributed by atoms with Gasteiger partial charge in [0.2, 0.25) is 0 Å². The maximum absolute atomic E-state index is 11.8. The van der Waals surface area contributed by atoms with Crippen molar-refractivity contribution in [1.82, 2.24) is 5.32 Å². The smallest absolute Gasteiger partial charge is 0.323 e. The second-order valence-electron chi connectivity index (χ2n) is 4.08. The van der Waals surface area contributed by atoms with Gasteiger partial charge in [0.15, 0.2) is 0 Å². The summed E-state index contributed by atoms with van der Waals surface area (Å²) in [7, 11) is 1.80. The van der Waals surface area contributed by atoms with Crippen molar-refractivity contribution >= 4 is 18.4 Å². The van der Waals surface area contributed by atoms with Crippen molar-refractivity contribution < 1.29 is 9.53 Å². The van der Waals surface area contributed by atoms with Crippen molar-refractivity contribution in [3.8, 4) is 0 Å². The molecule has 0 radical (unpaired) electrons. The SMILES string of the molecule is CCCC[C@H](NC)C(=O)OCc1ccccc1.Cl. The molecule has 0 saturated carbocycles. The van der Waals surface area contributed by atoms with Gasteiger partial charge in [-0.1, -0.05) is 50.1 Å². The van der Waals surface area contributed by atoms with Gasteiger partial charge in [-0.3, -0.25) is 4.79 Å². The molecule has 1 aromatic rings. The van der Waals surface area contributed by atoms with Gasteiger partial charge < -0.3 is 10.1 Å². The Morgan fingerprint density at radius 1 is 1.33 bits per heavy atom. The highest BCUT2D eigenvalue weighted by molar-refractivity contribution is 5.85. The predicted molar refractivity (Wildman–Crippen MR) is 75.9 cm³/mol. The summed E-state index contributed by atoms with van der Waals surface area (Å²) in [4.78, 5) is 11.8. The Balaban J connectivity index is 0.00000289. The van der Waals surface area contributed by atoms with Crippen LogP contribution in [-0.4, -0.2) is 19.1 Å². The van der Waals surface area contributed by atoms with Crippen molar-refractivity contribution in [2.45, 2.75) is 38.8 Å². The number of ether oxygens (including phenoxy) is 1. The average Bonchev–Trinajstić information content (AvgIpc) is 2.38. The largest absolute Gasteiger partial charge is 0.460 e. The van der Waals surface area contributed by atoms with Gasteiger partial charge in [0.1, 0.15) is 12.6 Å². The van der Waals surface area contributed by atoms with E-state index in [0.29, 0.717) is 6.61 Å². The molecule has 0 aliphatic carbocycles. The lowest BCUT2D eigenvalue weighted by Gasteiger charge is -2.14. The number of hydrogen-bond donors (Lipinski definition) is 1. The standard InChI is InChI=1S/C14H21NO2.ClH/c1-3-4-10-13(15-2)14(16)17-11-12-8-6-5-7-9-12;/h5-9,13,15H,3-4,10-11H2,1-2H3;1H/t13-;/m0./s1. The zero-order valence-electron chi connectivity index (χ0n) is 11.0. The number of carbonyl (C=O) groups is 1. The topological polar surface area (TPSA) is 38.3 Å². The molecule has 1 N–H and O–H groups in total. The van der Waals surface area contributed by atoms with Gasteiger partial charge in [0.05, 0.1) is 0 Å². The summed E-state index contributed by atoms with van der Waals surface area (Å²) in [5, 5.41) is 3.00. The number of rotatable bonds is 7. The number of nitrogens with one attached hydrogen (secondary N) is 1. The first kappa shape index (κ1) is 16.9. The molecule has 4 heteroatoms. The van der Waals surface area contributed by atoms with Gasteiger partial charge in [-0.25, -0.2) is 0 Å². The van der Waals surface area contributed by atoms with E-state index in [1.807, 2.05) is 30.3 Å². The fourth-order valence-corrected chi connectivity index (χ4v) is 1.62. The number of likely N-dealkylation sites (N-methyl/N-ethyl adjacent to an activating group) is 1. The van der Waals surface area contributed by atoms with Gasteiger partial charge in [-0.15, -0.1) is 12.4 Å². The maximum atomic E-state index is 11.8. The van der Waals surface area contributed by atoms with Gasteiger partial charge in [0, 0.05) is 0 Å². The third-order valence-corrected chi connectivity index (χ3v) is 2.70. The van der Waals surface area contributed by atoms with Crippen LogP contribution in [0.5, 0.6) is 0 Å². The van der Waals surface area contributed by atoms with E-state index >= 15 is 0 Å². The molecule has 0 saturated heterocycles. The predicted octanol–water partition coefficient (Wildman–Crippen LogP) is 2.93. The van der Waals surface area contributed by atoms with E-state index in [2.05, 4.69) is 12.2 Å². The molecule has 0 aliphatic rings. The third-order valence-electron chi connectivity index (χ3n) is 2.70. The second kappa shape index (κ2) is 9.92. The Hall–Kier alpha value is -1.06. The summed E-state index contributed by atoms with van der Waals surface area (Å²) < 4.78 is 5.28. The highest BCUT2D eigenvalue weighted by Gasteiger charge is 2.16. The van der Waals surface area contributed by atoms with E-state index in [1.165, 1.54) is 0 Å². The lowest BCUT2D eigenvalue weighted by molar-refractivity contribution is -0.147. The Morgan fingerprint density at radius 3 is 2.56 bits per heavy atom. The van der Waals surface area contributed by atoms with Gasteiger partial charge in [0.25, 0.3) is 0 Å². The van der Waals surface area contributed by atoms with Crippen LogP contribution in [0.3, 0.4) is 0 Å². The number of unbranched alkanes of at least 4 members (excludes halogenated alkanes) is 1.